The van der Waals surface area contributed by atoms with Crippen molar-refractivity contribution in [2.75, 3.05) is 0 Å². The maximum atomic E-state index is 4.53. The topological polar surface area (TPSA) is 38.7 Å². The van der Waals surface area contributed by atoms with Gasteiger partial charge in [0.15, 0.2) is 11.5 Å². The van der Waals surface area contributed by atoms with Crippen LogP contribution in [0.4, 0.5) is 0 Å². The van der Waals surface area contributed by atoms with Crippen LogP contribution in [0.5, 0.6) is 0 Å². The van der Waals surface area contributed by atoms with Crippen molar-refractivity contribution in [2.45, 2.75) is 13.8 Å². The van der Waals surface area contributed by atoms with Gasteiger partial charge in [-0.25, -0.2) is 15.0 Å². The van der Waals surface area contributed by atoms with Gasteiger partial charge in [0.2, 0.25) is 0 Å². The summed E-state index contributed by atoms with van der Waals surface area (Å²) in [7, 11) is 0. The summed E-state index contributed by atoms with van der Waals surface area (Å²) in [6.45, 7) is 4.03. The van der Waals surface area contributed by atoms with Crippen LogP contribution in [0.1, 0.15) is 11.3 Å². The number of hydrogen-bond acceptors (Lipinski definition) is 3. The second-order valence-electron chi connectivity index (χ2n) is 4.43. The molecular weight excluding hydrogens is 222 g/mol. The Morgan fingerprint density at radius 1 is 0.944 bits per heavy atom. The monoisotopic (exact) mass is 235 g/mol. The Hall–Kier alpha value is -2.29. The normalized spacial score (nSPS) is 10.8. The molecule has 3 nitrogen and oxygen atoms in total. The summed E-state index contributed by atoms with van der Waals surface area (Å²) >= 11 is 0. The highest BCUT2D eigenvalue weighted by molar-refractivity contribution is 5.76. The molecule has 0 atom stereocenters. The minimum atomic E-state index is 0.726. The molecule has 88 valence electrons. The van der Waals surface area contributed by atoms with E-state index in [2.05, 4.69) is 34.0 Å². The Morgan fingerprint density at radius 3 is 2.67 bits per heavy atom. The van der Waals surface area contributed by atoms with Gasteiger partial charge in [-0.15, -0.1) is 0 Å². The molecule has 0 unspecified atom stereocenters. The molecular formula is C15H13N3. The van der Waals surface area contributed by atoms with Crippen molar-refractivity contribution in [2.24, 2.45) is 0 Å². The standard InChI is InChI=1S/C15H13N3/c1-10-4-3-5-12(8-10)14-16-9-13-7-6-11(2)17-15(13)18-14/h3-9H,1-2H3. The summed E-state index contributed by atoms with van der Waals surface area (Å²) in [6.07, 6.45) is 1.83. The summed E-state index contributed by atoms with van der Waals surface area (Å²) < 4.78 is 0. The van der Waals surface area contributed by atoms with Crippen molar-refractivity contribution in [3.05, 3.63) is 53.9 Å². The van der Waals surface area contributed by atoms with Gasteiger partial charge in [-0.1, -0.05) is 23.8 Å². The summed E-state index contributed by atoms with van der Waals surface area (Å²) in [4.78, 5) is 13.4. The summed E-state index contributed by atoms with van der Waals surface area (Å²) in [5, 5.41) is 0.969. The van der Waals surface area contributed by atoms with Crippen LogP contribution < -0.4 is 0 Å². The molecule has 0 aliphatic rings. The van der Waals surface area contributed by atoms with Gasteiger partial charge >= 0.3 is 0 Å². The van der Waals surface area contributed by atoms with Crippen LogP contribution in [0.25, 0.3) is 22.4 Å². The maximum absolute atomic E-state index is 4.53. The molecule has 3 rings (SSSR count). The minimum absolute atomic E-state index is 0.726. The van der Waals surface area contributed by atoms with Crippen LogP contribution in [0.3, 0.4) is 0 Å². The molecule has 0 aliphatic heterocycles. The number of benzene rings is 1. The van der Waals surface area contributed by atoms with Crippen LogP contribution in [0.15, 0.2) is 42.6 Å². The van der Waals surface area contributed by atoms with Crippen LogP contribution in [-0.4, -0.2) is 15.0 Å². The largest absolute Gasteiger partial charge is 0.236 e. The van der Waals surface area contributed by atoms with Crippen molar-refractivity contribution in [1.29, 1.82) is 0 Å². The minimum Gasteiger partial charge on any atom is -0.236 e. The van der Waals surface area contributed by atoms with Crippen LogP contribution in [-0.2, 0) is 0 Å². The lowest BCUT2D eigenvalue weighted by Crippen LogP contribution is -1.93. The third-order valence-electron chi connectivity index (χ3n) is 2.86. The molecule has 3 heteroatoms. The van der Waals surface area contributed by atoms with E-state index in [-0.39, 0.29) is 0 Å². The first-order valence-electron chi connectivity index (χ1n) is 5.90. The zero-order valence-corrected chi connectivity index (χ0v) is 10.4. The van der Waals surface area contributed by atoms with E-state index in [1.807, 2.05) is 37.4 Å². The second-order valence-corrected chi connectivity index (χ2v) is 4.43. The average Bonchev–Trinajstić information content (AvgIpc) is 2.38. The van der Waals surface area contributed by atoms with E-state index >= 15 is 0 Å². The molecule has 18 heavy (non-hydrogen) atoms. The lowest BCUT2D eigenvalue weighted by Gasteiger charge is -2.03. The molecule has 0 bridgehead atoms. The van der Waals surface area contributed by atoms with Crippen LogP contribution >= 0.6 is 0 Å². The number of nitrogens with zero attached hydrogens (tertiary/aromatic N) is 3. The molecule has 0 fully saturated rings. The Kier molecular flexibility index (Phi) is 2.52. The molecule has 0 N–H and O–H groups in total. The Labute approximate surface area is 106 Å². The van der Waals surface area contributed by atoms with Gasteiger partial charge in [0, 0.05) is 22.8 Å². The van der Waals surface area contributed by atoms with Crippen molar-refractivity contribution >= 4 is 11.0 Å². The summed E-state index contributed by atoms with van der Waals surface area (Å²) in [6, 6.07) is 12.1. The van der Waals surface area contributed by atoms with E-state index < -0.39 is 0 Å². The number of aryl methyl sites for hydroxylation is 2. The molecule has 0 radical (unpaired) electrons. The predicted octanol–water partition coefficient (Wildman–Crippen LogP) is 3.31. The van der Waals surface area contributed by atoms with E-state index in [1.54, 1.807) is 0 Å². The van der Waals surface area contributed by atoms with E-state index in [4.69, 9.17) is 0 Å². The van der Waals surface area contributed by atoms with Gasteiger partial charge in [0.25, 0.3) is 0 Å². The van der Waals surface area contributed by atoms with Crippen molar-refractivity contribution in [1.82, 2.24) is 15.0 Å². The molecule has 1 aromatic carbocycles. The molecule has 2 aromatic heterocycles. The van der Waals surface area contributed by atoms with Crippen molar-refractivity contribution in [3.63, 3.8) is 0 Å². The van der Waals surface area contributed by atoms with Gasteiger partial charge in [-0.2, -0.15) is 0 Å². The fourth-order valence-corrected chi connectivity index (χ4v) is 1.93. The van der Waals surface area contributed by atoms with E-state index in [0.717, 1.165) is 28.1 Å². The highest BCUT2D eigenvalue weighted by Gasteiger charge is 2.04. The first-order valence-corrected chi connectivity index (χ1v) is 5.90. The summed E-state index contributed by atoms with van der Waals surface area (Å²) in [5.74, 6) is 0.726. The molecule has 0 saturated carbocycles. The van der Waals surface area contributed by atoms with E-state index in [1.165, 1.54) is 5.56 Å². The molecule has 3 aromatic rings. The third kappa shape index (κ3) is 1.95. The fourth-order valence-electron chi connectivity index (χ4n) is 1.93. The Balaban J connectivity index is 2.18. The highest BCUT2D eigenvalue weighted by Crippen LogP contribution is 2.18. The zero-order valence-electron chi connectivity index (χ0n) is 10.4. The van der Waals surface area contributed by atoms with Crippen molar-refractivity contribution in [3.8, 4) is 11.4 Å². The molecule has 0 aliphatic carbocycles. The Bertz CT molecular complexity index is 720. The first kappa shape index (κ1) is 10.8. The zero-order chi connectivity index (χ0) is 12.5. The molecule has 2 heterocycles. The SMILES string of the molecule is Cc1cccc(-c2ncc3ccc(C)nc3n2)c1. The highest BCUT2D eigenvalue weighted by atomic mass is 14.9. The Morgan fingerprint density at radius 2 is 1.83 bits per heavy atom. The third-order valence-corrected chi connectivity index (χ3v) is 2.86. The molecule has 0 amide bonds. The van der Waals surface area contributed by atoms with Gasteiger partial charge in [0.05, 0.1) is 0 Å². The first-order chi connectivity index (χ1) is 8.72. The van der Waals surface area contributed by atoms with Crippen LogP contribution in [0, 0.1) is 13.8 Å². The smallest absolute Gasteiger partial charge is 0.163 e. The summed E-state index contributed by atoms with van der Waals surface area (Å²) in [5.41, 5.74) is 3.95. The fraction of sp³-hybridized carbons (Fsp3) is 0.133. The predicted molar refractivity (Wildman–Crippen MR) is 72.2 cm³/mol. The second kappa shape index (κ2) is 4.18. The lowest BCUT2D eigenvalue weighted by molar-refractivity contribution is 1.15. The molecule has 0 saturated heterocycles. The number of rotatable bonds is 1. The van der Waals surface area contributed by atoms with E-state index in [0.29, 0.717) is 0 Å². The van der Waals surface area contributed by atoms with Gasteiger partial charge in [-0.05, 0) is 32.0 Å². The number of pyridine rings is 1. The number of hydrogen-bond donors (Lipinski definition) is 0. The van der Waals surface area contributed by atoms with Gasteiger partial charge < -0.3 is 0 Å². The van der Waals surface area contributed by atoms with Crippen LogP contribution in [0.2, 0.25) is 0 Å². The van der Waals surface area contributed by atoms with Gasteiger partial charge in [-0.3, -0.25) is 0 Å². The van der Waals surface area contributed by atoms with E-state index in [9.17, 15) is 0 Å². The quantitative estimate of drug-likeness (QED) is 0.649. The average molecular weight is 235 g/mol. The van der Waals surface area contributed by atoms with Crippen molar-refractivity contribution < 1.29 is 0 Å². The van der Waals surface area contributed by atoms with Gasteiger partial charge in [0.1, 0.15) is 0 Å². The maximum Gasteiger partial charge on any atom is 0.163 e. The number of aromatic nitrogens is 3. The lowest BCUT2D eigenvalue weighted by atomic mass is 10.1. The molecule has 0 spiro atoms. The number of fused-ring (bicyclic) bond motifs is 1.